The molecule has 2 aromatic heterocycles. The van der Waals surface area contributed by atoms with E-state index in [1.54, 1.807) is 23.2 Å². The number of halogens is 1. The molecule has 10 heteroatoms. The number of carbonyl (C=O) groups is 2. The highest BCUT2D eigenvalue weighted by molar-refractivity contribution is 8.01. The first-order valence-corrected chi connectivity index (χ1v) is 9.39. The van der Waals surface area contributed by atoms with Crippen LogP contribution in [0.4, 0.5) is 10.8 Å². The molecule has 3 rings (SSSR count). The predicted octanol–water partition coefficient (Wildman–Crippen LogP) is 2.83. The fourth-order valence-corrected chi connectivity index (χ4v) is 3.96. The van der Waals surface area contributed by atoms with Crippen LogP contribution in [0.15, 0.2) is 22.7 Å². The quantitative estimate of drug-likeness (QED) is 0.468. The third-order valence-corrected chi connectivity index (χ3v) is 5.57. The lowest BCUT2D eigenvalue weighted by Crippen LogP contribution is -2.30. The van der Waals surface area contributed by atoms with Crippen LogP contribution in [0.2, 0.25) is 5.15 Å². The highest BCUT2D eigenvalue weighted by Gasteiger charge is 2.34. The van der Waals surface area contributed by atoms with E-state index in [-0.39, 0.29) is 28.8 Å². The van der Waals surface area contributed by atoms with Gasteiger partial charge >= 0.3 is 0 Å². The average molecular weight is 384 g/mol. The van der Waals surface area contributed by atoms with Crippen LogP contribution in [0.25, 0.3) is 0 Å². The van der Waals surface area contributed by atoms with E-state index in [0.29, 0.717) is 15.2 Å². The Labute approximate surface area is 151 Å². The smallest absolute Gasteiger partial charge is 0.234 e. The first kappa shape index (κ1) is 17.1. The number of anilines is 2. The van der Waals surface area contributed by atoms with Gasteiger partial charge in [-0.15, -0.1) is 10.2 Å². The molecule has 0 spiro atoms. The molecule has 2 heterocycles. The Bertz CT molecular complexity index is 765. The van der Waals surface area contributed by atoms with Crippen molar-refractivity contribution in [2.24, 2.45) is 0 Å². The maximum Gasteiger partial charge on any atom is 0.234 e. The van der Waals surface area contributed by atoms with Crippen LogP contribution in [0.5, 0.6) is 0 Å². The van der Waals surface area contributed by atoms with Crippen molar-refractivity contribution in [1.82, 2.24) is 15.2 Å². The standard InChI is InChI=1S/C14H14ClN5O2S2/c1-8(21)20(9-4-5-9)13-18-19-14(24-13)23-7-11(22)17-10-3-2-6-16-12(10)15/h2-3,6,9H,4-5,7H2,1H3,(H,17,22). The number of nitrogens with one attached hydrogen (secondary N) is 1. The molecular formula is C14H14ClN5O2S2. The van der Waals surface area contributed by atoms with E-state index >= 15 is 0 Å². The topological polar surface area (TPSA) is 88.1 Å². The average Bonchev–Trinajstić information content (AvgIpc) is 3.25. The third kappa shape index (κ3) is 4.22. The van der Waals surface area contributed by atoms with Gasteiger partial charge in [-0.3, -0.25) is 14.5 Å². The van der Waals surface area contributed by atoms with E-state index < -0.39 is 0 Å². The number of carbonyl (C=O) groups excluding carboxylic acids is 2. The van der Waals surface area contributed by atoms with E-state index in [4.69, 9.17) is 11.6 Å². The van der Waals surface area contributed by atoms with Crippen LogP contribution >= 0.6 is 34.7 Å². The number of rotatable bonds is 6. The number of aromatic nitrogens is 3. The summed E-state index contributed by atoms with van der Waals surface area (Å²) in [5, 5.41) is 11.6. The fraction of sp³-hybridized carbons (Fsp3) is 0.357. The minimum Gasteiger partial charge on any atom is -0.323 e. The second-order valence-electron chi connectivity index (χ2n) is 5.15. The minimum absolute atomic E-state index is 0.0332. The van der Waals surface area contributed by atoms with Crippen molar-refractivity contribution in [2.45, 2.75) is 30.1 Å². The lowest BCUT2D eigenvalue weighted by atomic mass is 10.4. The Kier molecular flexibility index (Phi) is 5.32. The number of nitrogens with zero attached hydrogens (tertiary/aromatic N) is 4. The second-order valence-corrected chi connectivity index (χ2v) is 7.69. The zero-order valence-corrected chi connectivity index (χ0v) is 15.1. The molecule has 0 radical (unpaired) electrons. The summed E-state index contributed by atoms with van der Waals surface area (Å²) < 4.78 is 0.643. The number of thioether (sulfide) groups is 1. The van der Waals surface area contributed by atoms with Gasteiger partial charge in [0.05, 0.1) is 11.4 Å². The molecule has 2 amide bonds. The van der Waals surface area contributed by atoms with Crippen molar-refractivity contribution in [3.05, 3.63) is 23.5 Å². The van der Waals surface area contributed by atoms with Gasteiger partial charge in [-0.25, -0.2) is 4.98 Å². The summed E-state index contributed by atoms with van der Waals surface area (Å²) in [6, 6.07) is 3.62. The van der Waals surface area contributed by atoms with E-state index in [1.807, 2.05) is 0 Å². The molecule has 1 aliphatic carbocycles. The molecule has 1 aliphatic rings. The third-order valence-electron chi connectivity index (χ3n) is 3.21. The van der Waals surface area contributed by atoms with Crippen LogP contribution in [-0.4, -0.2) is 38.8 Å². The first-order valence-electron chi connectivity index (χ1n) is 7.21. The van der Waals surface area contributed by atoms with Gasteiger partial charge in [-0.2, -0.15) is 0 Å². The van der Waals surface area contributed by atoms with Crippen molar-refractivity contribution in [2.75, 3.05) is 16.0 Å². The van der Waals surface area contributed by atoms with Gasteiger partial charge in [0.1, 0.15) is 0 Å². The minimum atomic E-state index is -0.211. The molecule has 0 bridgehead atoms. The zero-order valence-electron chi connectivity index (χ0n) is 12.7. The van der Waals surface area contributed by atoms with Crippen LogP contribution < -0.4 is 10.2 Å². The molecule has 1 fully saturated rings. The summed E-state index contributed by atoms with van der Waals surface area (Å²) in [4.78, 5) is 29.3. The Morgan fingerprint density at radius 2 is 2.25 bits per heavy atom. The lowest BCUT2D eigenvalue weighted by molar-refractivity contribution is -0.116. The highest BCUT2D eigenvalue weighted by Crippen LogP contribution is 2.35. The SMILES string of the molecule is CC(=O)N(c1nnc(SCC(=O)Nc2cccnc2Cl)s1)C1CC1. The number of hydrogen-bond donors (Lipinski definition) is 1. The van der Waals surface area contributed by atoms with E-state index in [1.165, 1.54) is 30.0 Å². The maximum absolute atomic E-state index is 12.0. The summed E-state index contributed by atoms with van der Waals surface area (Å²) in [7, 11) is 0. The molecule has 0 aromatic carbocycles. The normalized spacial score (nSPS) is 13.6. The van der Waals surface area contributed by atoms with Crippen molar-refractivity contribution in [3.63, 3.8) is 0 Å². The Morgan fingerprint density at radius 1 is 1.46 bits per heavy atom. The summed E-state index contributed by atoms with van der Waals surface area (Å²) in [6.07, 6.45) is 3.54. The largest absolute Gasteiger partial charge is 0.323 e. The molecular weight excluding hydrogens is 370 g/mol. The van der Waals surface area contributed by atoms with Crippen molar-refractivity contribution in [3.8, 4) is 0 Å². The van der Waals surface area contributed by atoms with E-state index in [2.05, 4.69) is 20.5 Å². The molecule has 126 valence electrons. The Hall–Kier alpha value is -1.71. The van der Waals surface area contributed by atoms with Crippen molar-refractivity contribution in [1.29, 1.82) is 0 Å². The summed E-state index contributed by atoms with van der Waals surface area (Å²) in [5.41, 5.74) is 0.471. The second kappa shape index (κ2) is 7.45. The molecule has 7 nitrogen and oxygen atoms in total. The van der Waals surface area contributed by atoms with Gasteiger partial charge in [0.25, 0.3) is 0 Å². The van der Waals surface area contributed by atoms with Gasteiger partial charge in [0.15, 0.2) is 9.49 Å². The van der Waals surface area contributed by atoms with Gasteiger partial charge in [-0.05, 0) is 25.0 Å². The summed E-state index contributed by atoms with van der Waals surface area (Å²) >= 11 is 8.48. The van der Waals surface area contributed by atoms with Gasteiger partial charge in [-0.1, -0.05) is 34.7 Å². The summed E-state index contributed by atoms with van der Waals surface area (Å²) in [6.45, 7) is 1.53. The van der Waals surface area contributed by atoms with Gasteiger partial charge < -0.3 is 5.32 Å². The predicted molar refractivity (Wildman–Crippen MR) is 94.7 cm³/mol. The van der Waals surface area contributed by atoms with Gasteiger partial charge in [0, 0.05) is 19.2 Å². The molecule has 0 aliphatic heterocycles. The van der Waals surface area contributed by atoms with Crippen LogP contribution in [0, 0.1) is 0 Å². The fourth-order valence-electron chi connectivity index (χ4n) is 2.03. The summed E-state index contributed by atoms with van der Waals surface area (Å²) in [5.74, 6) is -0.0741. The van der Waals surface area contributed by atoms with Crippen LogP contribution in [-0.2, 0) is 9.59 Å². The zero-order chi connectivity index (χ0) is 17.1. The van der Waals surface area contributed by atoms with Crippen molar-refractivity contribution >= 4 is 57.3 Å². The van der Waals surface area contributed by atoms with E-state index in [0.717, 1.165) is 12.8 Å². The van der Waals surface area contributed by atoms with Gasteiger partial charge in [0.2, 0.25) is 16.9 Å². The Balaban J connectivity index is 1.56. The lowest BCUT2D eigenvalue weighted by Gasteiger charge is -2.15. The molecule has 2 aromatic rings. The van der Waals surface area contributed by atoms with Crippen molar-refractivity contribution < 1.29 is 9.59 Å². The molecule has 1 saturated carbocycles. The number of hydrogen-bond acceptors (Lipinski definition) is 7. The number of pyridine rings is 1. The Morgan fingerprint density at radius 3 is 2.92 bits per heavy atom. The molecule has 0 saturated heterocycles. The molecule has 0 atom stereocenters. The van der Waals surface area contributed by atoms with Crippen LogP contribution in [0.1, 0.15) is 19.8 Å². The molecule has 24 heavy (non-hydrogen) atoms. The molecule has 1 N–H and O–H groups in total. The van der Waals surface area contributed by atoms with E-state index in [9.17, 15) is 9.59 Å². The van der Waals surface area contributed by atoms with Crippen LogP contribution in [0.3, 0.4) is 0 Å². The maximum atomic E-state index is 12.0. The highest BCUT2D eigenvalue weighted by atomic mass is 35.5. The number of amides is 2. The first-order chi connectivity index (χ1) is 11.5. The molecule has 0 unspecified atom stereocenters. The monoisotopic (exact) mass is 383 g/mol.